The van der Waals surface area contributed by atoms with E-state index < -0.39 is 6.10 Å². The Kier molecular flexibility index (Phi) is 5.76. The smallest absolute Gasteiger partial charge is 0.126 e. The number of rotatable bonds is 6. The fourth-order valence-corrected chi connectivity index (χ4v) is 2.16. The molecule has 1 unspecified atom stereocenters. The molecule has 0 radical (unpaired) electrons. The summed E-state index contributed by atoms with van der Waals surface area (Å²) in [4.78, 5) is 2.09. The number of benzene rings is 1. The van der Waals surface area contributed by atoms with E-state index in [-0.39, 0.29) is 18.5 Å². The highest BCUT2D eigenvalue weighted by atomic mass is 19.1. The lowest BCUT2D eigenvalue weighted by Crippen LogP contribution is -2.33. The highest BCUT2D eigenvalue weighted by Crippen LogP contribution is 2.30. The first-order chi connectivity index (χ1) is 8.88. The van der Waals surface area contributed by atoms with E-state index in [2.05, 4.69) is 4.90 Å². The van der Waals surface area contributed by atoms with Crippen molar-refractivity contribution in [3.05, 3.63) is 29.1 Å². The molecule has 0 aliphatic heterocycles. The number of hydrogen-bond acceptors (Lipinski definition) is 3. The van der Waals surface area contributed by atoms with Gasteiger partial charge in [-0.3, -0.25) is 0 Å². The Labute approximate surface area is 114 Å². The van der Waals surface area contributed by atoms with E-state index >= 15 is 0 Å². The Hall–Kier alpha value is -1.13. The molecule has 0 spiro atoms. The van der Waals surface area contributed by atoms with Crippen molar-refractivity contribution in [1.29, 1.82) is 0 Å². The minimum Gasteiger partial charge on any atom is -0.396 e. The second-order valence-electron chi connectivity index (χ2n) is 5.20. The van der Waals surface area contributed by atoms with Crippen LogP contribution in [0.4, 0.5) is 10.1 Å². The summed E-state index contributed by atoms with van der Waals surface area (Å²) in [7, 11) is 0. The van der Waals surface area contributed by atoms with Crippen molar-refractivity contribution >= 4 is 5.69 Å². The summed E-state index contributed by atoms with van der Waals surface area (Å²) < 4.78 is 13.7. The van der Waals surface area contributed by atoms with E-state index in [9.17, 15) is 9.50 Å². The van der Waals surface area contributed by atoms with E-state index in [0.29, 0.717) is 24.1 Å². The highest BCUT2D eigenvalue weighted by Gasteiger charge is 2.18. The molecule has 1 atom stereocenters. The Morgan fingerprint density at radius 1 is 1.26 bits per heavy atom. The number of aliphatic hydroxyl groups is 2. The van der Waals surface area contributed by atoms with Crippen molar-refractivity contribution in [2.45, 2.75) is 46.3 Å². The largest absolute Gasteiger partial charge is 0.396 e. The van der Waals surface area contributed by atoms with Crippen LogP contribution >= 0.6 is 0 Å². The molecule has 4 heteroatoms. The molecule has 0 heterocycles. The van der Waals surface area contributed by atoms with Gasteiger partial charge in [-0.15, -0.1) is 0 Å². The molecule has 1 rings (SSSR count). The van der Waals surface area contributed by atoms with Crippen molar-refractivity contribution in [2.24, 2.45) is 0 Å². The van der Waals surface area contributed by atoms with Gasteiger partial charge >= 0.3 is 0 Å². The number of anilines is 1. The summed E-state index contributed by atoms with van der Waals surface area (Å²) in [6, 6.07) is 3.40. The van der Waals surface area contributed by atoms with Gasteiger partial charge in [0.1, 0.15) is 5.82 Å². The third kappa shape index (κ3) is 3.91. The molecule has 2 N–H and O–H groups in total. The molecular formula is C15H24FNO2. The van der Waals surface area contributed by atoms with Crippen LogP contribution in [0.2, 0.25) is 0 Å². The first-order valence-corrected chi connectivity index (χ1v) is 6.74. The van der Waals surface area contributed by atoms with Crippen LogP contribution in [0.1, 0.15) is 44.4 Å². The molecule has 108 valence electrons. The Bertz CT molecular complexity index is 419. The van der Waals surface area contributed by atoms with E-state index in [1.165, 1.54) is 6.07 Å². The van der Waals surface area contributed by atoms with Crippen LogP contribution in [0.5, 0.6) is 0 Å². The molecule has 0 saturated heterocycles. The average molecular weight is 269 g/mol. The maximum Gasteiger partial charge on any atom is 0.126 e. The van der Waals surface area contributed by atoms with Gasteiger partial charge in [-0.05, 0) is 51.8 Å². The lowest BCUT2D eigenvalue weighted by molar-refractivity contribution is 0.199. The van der Waals surface area contributed by atoms with Crippen LogP contribution in [0.15, 0.2) is 12.1 Å². The standard InChI is InChI=1S/C15H24FNO2/c1-10(2)17(6-5-7-18)15-8-11(3)14(16)9-13(15)12(4)19/h8-10,12,18-19H,5-7H2,1-4H3. The maximum atomic E-state index is 13.7. The van der Waals surface area contributed by atoms with E-state index in [0.717, 1.165) is 5.69 Å². The zero-order valence-electron chi connectivity index (χ0n) is 12.2. The molecule has 0 fully saturated rings. The lowest BCUT2D eigenvalue weighted by atomic mass is 10.0. The number of nitrogens with zero attached hydrogens (tertiary/aromatic N) is 1. The second kappa shape index (κ2) is 6.87. The maximum absolute atomic E-state index is 13.7. The number of aryl methyl sites for hydroxylation is 1. The van der Waals surface area contributed by atoms with Crippen molar-refractivity contribution in [3.8, 4) is 0 Å². The lowest BCUT2D eigenvalue weighted by Gasteiger charge is -2.32. The summed E-state index contributed by atoms with van der Waals surface area (Å²) in [5.74, 6) is -0.300. The fraction of sp³-hybridized carbons (Fsp3) is 0.600. The van der Waals surface area contributed by atoms with Gasteiger partial charge in [-0.25, -0.2) is 4.39 Å². The molecule has 3 nitrogen and oxygen atoms in total. The summed E-state index contributed by atoms with van der Waals surface area (Å²) in [5.41, 5.74) is 2.00. The number of hydrogen-bond donors (Lipinski definition) is 2. The number of aliphatic hydroxyl groups excluding tert-OH is 2. The minimum absolute atomic E-state index is 0.118. The molecule has 0 bridgehead atoms. The topological polar surface area (TPSA) is 43.7 Å². The summed E-state index contributed by atoms with van der Waals surface area (Å²) in [6.45, 7) is 8.24. The van der Waals surface area contributed by atoms with Gasteiger partial charge in [-0.2, -0.15) is 0 Å². The van der Waals surface area contributed by atoms with Crippen LogP contribution in [0.3, 0.4) is 0 Å². The van der Waals surface area contributed by atoms with E-state index in [4.69, 9.17) is 5.11 Å². The van der Waals surface area contributed by atoms with Crippen LogP contribution in [-0.4, -0.2) is 29.4 Å². The van der Waals surface area contributed by atoms with E-state index in [1.807, 2.05) is 13.8 Å². The zero-order chi connectivity index (χ0) is 14.6. The second-order valence-corrected chi connectivity index (χ2v) is 5.20. The Balaban J connectivity index is 3.23. The van der Waals surface area contributed by atoms with Crippen LogP contribution < -0.4 is 4.90 Å². The molecule has 0 aliphatic rings. The molecule has 1 aromatic carbocycles. The highest BCUT2D eigenvalue weighted by molar-refractivity contribution is 5.57. The molecule has 1 aromatic rings. The molecule has 0 aliphatic carbocycles. The molecule has 19 heavy (non-hydrogen) atoms. The third-order valence-electron chi connectivity index (χ3n) is 3.25. The first-order valence-electron chi connectivity index (χ1n) is 6.74. The fourth-order valence-electron chi connectivity index (χ4n) is 2.16. The third-order valence-corrected chi connectivity index (χ3v) is 3.25. The quantitative estimate of drug-likeness (QED) is 0.834. The predicted molar refractivity (Wildman–Crippen MR) is 76.0 cm³/mol. The number of halogens is 1. The van der Waals surface area contributed by atoms with Crippen LogP contribution in [0.25, 0.3) is 0 Å². The zero-order valence-corrected chi connectivity index (χ0v) is 12.2. The summed E-state index contributed by atoms with van der Waals surface area (Å²) in [6.07, 6.45) is -0.0751. The van der Waals surface area contributed by atoms with Crippen LogP contribution in [0, 0.1) is 12.7 Å². The van der Waals surface area contributed by atoms with E-state index in [1.54, 1.807) is 19.9 Å². The van der Waals surface area contributed by atoms with Crippen molar-refractivity contribution in [3.63, 3.8) is 0 Å². The van der Waals surface area contributed by atoms with Gasteiger partial charge in [0, 0.05) is 30.4 Å². The molecular weight excluding hydrogens is 245 g/mol. The van der Waals surface area contributed by atoms with Crippen molar-refractivity contribution < 1.29 is 14.6 Å². The summed E-state index contributed by atoms with van der Waals surface area (Å²) in [5, 5.41) is 18.8. The van der Waals surface area contributed by atoms with Crippen LogP contribution in [-0.2, 0) is 0 Å². The van der Waals surface area contributed by atoms with Gasteiger partial charge in [0.05, 0.1) is 6.10 Å². The van der Waals surface area contributed by atoms with Crippen molar-refractivity contribution in [2.75, 3.05) is 18.1 Å². The SMILES string of the molecule is Cc1cc(N(CCCO)C(C)C)c(C(C)O)cc1F. The van der Waals surface area contributed by atoms with Gasteiger partial charge in [0.15, 0.2) is 0 Å². The minimum atomic E-state index is -0.722. The average Bonchev–Trinajstić information content (AvgIpc) is 2.32. The monoisotopic (exact) mass is 269 g/mol. The molecule has 0 saturated carbocycles. The summed E-state index contributed by atoms with van der Waals surface area (Å²) >= 11 is 0. The van der Waals surface area contributed by atoms with Gasteiger partial charge in [0.2, 0.25) is 0 Å². The Morgan fingerprint density at radius 2 is 1.89 bits per heavy atom. The van der Waals surface area contributed by atoms with Crippen molar-refractivity contribution in [1.82, 2.24) is 0 Å². The van der Waals surface area contributed by atoms with Gasteiger partial charge in [-0.1, -0.05) is 0 Å². The Morgan fingerprint density at radius 3 is 2.37 bits per heavy atom. The normalized spacial score (nSPS) is 12.8. The van der Waals surface area contributed by atoms with Gasteiger partial charge in [0.25, 0.3) is 0 Å². The predicted octanol–water partition coefficient (Wildman–Crippen LogP) is 2.78. The molecule has 0 amide bonds. The molecule has 0 aromatic heterocycles. The van der Waals surface area contributed by atoms with Gasteiger partial charge < -0.3 is 15.1 Å². The first kappa shape index (κ1) is 15.9.